The molecular weight excluding hydrogens is 406 g/mol. The zero-order chi connectivity index (χ0) is 20.1. The van der Waals surface area contributed by atoms with Crippen LogP contribution in [0, 0.1) is 0 Å². The number of carbonyl (C=O) groups excluding carboxylic acids is 1. The van der Waals surface area contributed by atoms with Crippen molar-refractivity contribution >= 4 is 28.8 Å². The number of amides is 1. The van der Waals surface area contributed by atoms with Crippen molar-refractivity contribution in [2.24, 2.45) is 0 Å². The Hall–Kier alpha value is -2.15. The number of hydrogen-bond acceptors (Lipinski definition) is 5. The van der Waals surface area contributed by atoms with Crippen LogP contribution in [0.25, 0.3) is 10.6 Å². The Kier molecular flexibility index (Phi) is 6.64. The monoisotopic (exact) mass is 429 g/mol. The van der Waals surface area contributed by atoms with Gasteiger partial charge in [0.25, 0.3) is 0 Å². The molecule has 1 unspecified atom stereocenters. The molecule has 152 valence electrons. The number of rotatable bonds is 7. The normalized spacial score (nSPS) is 15.9. The number of aromatic nitrogens is 1. The smallest absolute Gasteiger partial charge is 0.226 e. The molecule has 1 saturated heterocycles. The molecule has 1 N–H and O–H groups in total. The predicted octanol–water partition coefficient (Wildman–Crippen LogP) is 4.94. The third-order valence-corrected chi connectivity index (χ3v) is 6.45. The molecule has 1 aliphatic rings. The van der Waals surface area contributed by atoms with Gasteiger partial charge in [-0.1, -0.05) is 36.2 Å². The molecule has 1 aromatic carbocycles. The molecule has 7 heteroatoms. The van der Waals surface area contributed by atoms with Crippen LogP contribution < -0.4 is 5.32 Å². The highest BCUT2D eigenvalue weighted by Gasteiger charge is 2.25. The Morgan fingerprint density at radius 3 is 2.79 bits per heavy atom. The van der Waals surface area contributed by atoms with Crippen LogP contribution in [0.15, 0.2) is 52.5 Å². The Morgan fingerprint density at radius 2 is 2.03 bits per heavy atom. The molecule has 1 aliphatic heterocycles. The summed E-state index contributed by atoms with van der Waals surface area (Å²) in [6.07, 6.45) is 5.60. The first-order chi connectivity index (χ1) is 14.2. The third-order valence-electron chi connectivity index (χ3n) is 5.19. The number of hydrogen-bond donors (Lipinski definition) is 1. The van der Waals surface area contributed by atoms with Gasteiger partial charge in [0.15, 0.2) is 0 Å². The SMILES string of the molecule is O=C(Cc1csc(-c2ccccc2Cl)n1)NCC(c1ccco1)N1CCCCC1. The van der Waals surface area contributed by atoms with Crippen LogP contribution in [0.5, 0.6) is 0 Å². The molecular formula is C22H24ClN3O2S. The van der Waals surface area contributed by atoms with Gasteiger partial charge in [-0.2, -0.15) is 0 Å². The zero-order valence-corrected chi connectivity index (χ0v) is 17.7. The van der Waals surface area contributed by atoms with Crippen LogP contribution in [0.4, 0.5) is 0 Å². The molecule has 0 bridgehead atoms. The number of halogens is 1. The summed E-state index contributed by atoms with van der Waals surface area (Å²) in [5.41, 5.74) is 1.66. The number of benzene rings is 1. The summed E-state index contributed by atoms with van der Waals surface area (Å²) in [5, 5.41) is 6.50. The highest BCUT2D eigenvalue weighted by molar-refractivity contribution is 7.13. The summed E-state index contributed by atoms with van der Waals surface area (Å²) < 4.78 is 5.65. The molecule has 1 atom stereocenters. The third kappa shape index (κ3) is 5.07. The Labute approximate surface area is 179 Å². The molecule has 0 spiro atoms. The predicted molar refractivity (Wildman–Crippen MR) is 116 cm³/mol. The van der Waals surface area contributed by atoms with Crippen molar-refractivity contribution in [3.05, 3.63) is 64.5 Å². The fourth-order valence-electron chi connectivity index (χ4n) is 3.70. The summed E-state index contributed by atoms with van der Waals surface area (Å²) in [5.74, 6) is 0.872. The second-order valence-corrected chi connectivity index (χ2v) is 8.50. The van der Waals surface area contributed by atoms with Crippen molar-refractivity contribution in [3.63, 3.8) is 0 Å². The fourth-order valence-corrected chi connectivity index (χ4v) is 4.84. The van der Waals surface area contributed by atoms with E-state index >= 15 is 0 Å². The van der Waals surface area contributed by atoms with Crippen molar-refractivity contribution in [1.82, 2.24) is 15.2 Å². The molecule has 0 aliphatic carbocycles. The Morgan fingerprint density at radius 1 is 1.21 bits per heavy atom. The number of likely N-dealkylation sites (tertiary alicyclic amines) is 1. The summed E-state index contributed by atoms with van der Waals surface area (Å²) in [4.78, 5) is 19.6. The topological polar surface area (TPSA) is 58.4 Å². The van der Waals surface area contributed by atoms with E-state index in [-0.39, 0.29) is 18.4 Å². The van der Waals surface area contributed by atoms with Crippen molar-refractivity contribution in [1.29, 1.82) is 0 Å². The molecule has 1 amide bonds. The molecule has 0 radical (unpaired) electrons. The standard InChI is InChI=1S/C22H24ClN3O2S/c23-18-8-3-2-7-17(18)22-25-16(15-29-22)13-21(27)24-14-19(20-9-6-12-28-20)26-10-4-1-5-11-26/h2-3,6-9,12,15,19H,1,4-5,10-11,13-14H2,(H,24,27). The van der Waals surface area contributed by atoms with Gasteiger partial charge in [0.05, 0.1) is 29.4 Å². The first-order valence-corrected chi connectivity index (χ1v) is 11.2. The lowest BCUT2D eigenvalue weighted by Crippen LogP contribution is -2.40. The number of thiazole rings is 1. The molecule has 29 heavy (non-hydrogen) atoms. The van der Waals surface area contributed by atoms with E-state index in [1.165, 1.54) is 30.6 Å². The van der Waals surface area contributed by atoms with E-state index in [0.717, 1.165) is 35.1 Å². The first kappa shape index (κ1) is 20.1. The van der Waals surface area contributed by atoms with Crippen molar-refractivity contribution < 1.29 is 9.21 Å². The van der Waals surface area contributed by atoms with Crippen molar-refractivity contribution in [3.8, 4) is 10.6 Å². The quantitative estimate of drug-likeness (QED) is 0.577. The van der Waals surface area contributed by atoms with Gasteiger partial charge in [-0.3, -0.25) is 9.69 Å². The van der Waals surface area contributed by atoms with Crippen LogP contribution in [0.3, 0.4) is 0 Å². The minimum absolute atomic E-state index is 0.0328. The lowest BCUT2D eigenvalue weighted by molar-refractivity contribution is -0.120. The van der Waals surface area contributed by atoms with E-state index in [9.17, 15) is 4.79 Å². The van der Waals surface area contributed by atoms with Gasteiger partial charge in [0.2, 0.25) is 5.91 Å². The van der Waals surface area contributed by atoms with E-state index in [1.54, 1.807) is 6.26 Å². The van der Waals surface area contributed by atoms with Crippen LogP contribution in [0.1, 0.15) is 36.8 Å². The van der Waals surface area contributed by atoms with E-state index in [1.807, 2.05) is 41.8 Å². The highest BCUT2D eigenvalue weighted by Crippen LogP contribution is 2.30. The van der Waals surface area contributed by atoms with Gasteiger partial charge in [0, 0.05) is 17.5 Å². The van der Waals surface area contributed by atoms with E-state index in [2.05, 4.69) is 15.2 Å². The number of carbonyl (C=O) groups is 1. The van der Waals surface area contributed by atoms with Crippen LogP contribution in [0.2, 0.25) is 5.02 Å². The lowest BCUT2D eigenvalue weighted by Gasteiger charge is -2.33. The van der Waals surface area contributed by atoms with Crippen molar-refractivity contribution in [2.75, 3.05) is 19.6 Å². The molecule has 3 aromatic rings. The molecule has 4 rings (SSSR count). The Bertz CT molecular complexity index is 935. The molecule has 3 heterocycles. The van der Waals surface area contributed by atoms with E-state index < -0.39 is 0 Å². The Balaban J connectivity index is 1.37. The molecule has 0 saturated carbocycles. The summed E-state index contributed by atoms with van der Waals surface area (Å²) in [6.45, 7) is 2.61. The molecule has 5 nitrogen and oxygen atoms in total. The average Bonchev–Trinajstić information content (AvgIpc) is 3.42. The van der Waals surface area contributed by atoms with E-state index in [4.69, 9.17) is 16.0 Å². The van der Waals surface area contributed by atoms with Gasteiger partial charge in [-0.25, -0.2) is 4.98 Å². The largest absolute Gasteiger partial charge is 0.468 e. The molecule has 2 aromatic heterocycles. The van der Waals surface area contributed by atoms with Crippen LogP contribution in [-0.2, 0) is 11.2 Å². The summed E-state index contributed by atoms with van der Waals surface area (Å²) in [6, 6.07) is 11.6. The average molecular weight is 430 g/mol. The minimum atomic E-state index is -0.0328. The maximum Gasteiger partial charge on any atom is 0.226 e. The first-order valence-electron chi connectivity index (χ1n) is 9.94. The van der Waals surface area contributed by atoms with Crippen LogP contribution >= 0.6 is 22.9 Å². The zero-order valence-electron chi connectivity index (χ0n) is 16.1. The number of nitrogens with zero attached hydrogens (tertiary/aromatic N) is 2. The maximum atomic E-state index is 12.6. The van der Waals surface area contributed by atoms with Gasteiger partial charge in [-0.15, -0.1) is 11.3 Å². The minimum Gasteiger partial charge on any atom is -0.468 e. The maximum absolute atomic E-state index is 12.6. The fraction of sp³-hybridized carbons (Fsp3) is 0.364. The second-order valence-electron chi connectivity index (χ2n) is 7.23. The van der Waals surface area contributed by atoms with Gasteiger partial charge in [-0.05, 0) is 44.1 Å². The molecule has 1 fully saturated rings. The summed E-state index contributed by atoms with van der Waals surface area (Å²) >= 11 is 7.76. The highest BCUT2D eigenvalue weighted by atomic mass is 35.5. The van der Waals surface area contributed by atoms with Gasteiger partial charge < -0.3 is 9.73 Å². The van der Waals surface area contributed by atoms with Crippen molar-refractivity contribution in [2.45, 2.75) is 31.7 Å². The van der Waals surface area contributed by atoms with Gasteiger partial charge >= 0.3 is 0 Å². The lowest BCUT2D eigenvalue weighted by atomic mass is 10.1. The summed E-state index contributed by atoms with van der Waals surface area (Å²) in [7, 11) is 0. The number of furan rings is 1. The van der Waals surface area contributed by atoms with E-state index in [0.29, 0.717) is 11.6 Å². The number of piperidine rings is 1. The van der Waals surface area contributed by atoms with Gasteiger partial charge in [0.1, 0.15) is 10.8 Å². The van der Waals surface area contributed by atoms with Crippen LogP contribution in [-0.4, -0.2) is 35.4 Å². The number of nitrogens with one attached hydrogen (secondary N) is 1. The second kappa shape index (κ2) is 9.57.